The van der Waals surface area contributed by atoms with Crippen LogP contribution in [0.25, 0.3) is 22.0 Å². The van der Waals surface area contributed by atoms with Gasteiger partial charge in [-0.15, -0.1) is 0 Å². The molecule has 0 unspecified atom stereocenters. The SMILES string of the molecule is N#CCc1ccc(Nc2ncc3ccccc3n2)c(-c2ccccc2)c1. The molecule has 1 aromatic heterocycles. The summed E-state index contributed by atoms with van der Waals surface area (Å²) < 4.78 is 0. The maximum absolute atomic E-state index is 9.00. The van der Waals surface area contributed by atoms with E-state index in [4.69, 9.17) is 5.26 Å². The topological polar surface area (TPSA) is 61.6 Å². The van der Waals surface area contributed by atoms with Gasteiger partial charge in [-0.05, 0) is 29.3 Å². The first-order chi connectivity index (χ1) is 12.8. The van der Waals surface area contributed by atoms with E-state index < -0.39 is 0 Å². The molecule has 0 saturated heterocycles. The fourth-order valence-electron chi connectivity index (χ4n) is 2.91. The van der Waals surface area contributed by atoms with E-state index in [9.17, 15) is 0 Å². The number of para-hydroxylation sites is 1. The number of aromatic nitrogens is 2. The fourth-order valence-corrected chi connectivity index (χ4v) is 2.91. The molecule has 0 bridgehead atoms. The number of rotatable bonds is 4. The first kappa shape index (κ1) is 15.8. The first-order valence-corrected chi connectivity index (χ1v) is 8.37. The summed E-state index contributed by atoms with van der Waals surface area (Å²) in [5, 5.41) is 13.3. The molecule has 26 heavy (non-hydrogen) atoms. The molecule has 1 heterocycles. The molecule has 0 aliphatic heterocycles. The summed E-state index contributed by atoms with van der Waals surface area (Å²) in [4.78, 5) is 9.01. The molecule has 0 radical (unpaired) electrons. The van der Waals surface area contributed by atoms with Gasteiger partial charge < -0.3 is 5.32 Å². The number of fused-ring (bicyclic) bond motifs is 1. The van der Waals surface area contributed by atoms with Crippen molar-refractivity contribution in [3.63, 3.8) is 0 Å². The quantitative estimate of drug-likeness (QED) is 0.563. The van der Waals surface area contributed by atoms with E-state index in [0.29, 0.717) is 12.4 Å². The van der Waals surface area contributed by atoms with E-state index in [1.807, 2.05) is 66.9 Å². The van der Waals surface area contributed by atoms with E-state index >= 15 is 0 Å². The second-order valence-electron chi connectivity index (χ2n) is 5.96. The third-order valence-corrected chi connectivity index (χ3v) is 4.19. The monoisotopic (exact) mass is 336 g/mol. The second-order valence-corrected chi connectivity index (χ2v) is 5.96. The number of anilines is 2. The van der Waals surface area contributed by atoms with Gasteiger partial charge in [-0.3, -0.25) is 0 Å². The molecule has 3 aromatic carbocycles. The number of hydrogen-bond acceptors (Lipinski definition) is 4. The predicted octanol–water partition coefficient (Wildman–Crippen LogP) is 5.11. The van der Waals surface area contributed by atoms with E-state index in [-0.39, 0.29) is 0 Å². The molecular formula is C22H16N4. The van der Waals surface area contributed by atoms with Crippen LogP contribution in [0.2, 0.25) is 0 Å². The van der Waals surface area contributed by atoms with Gasteiger partial charge in [-0.2, -0.15) is 5.26 Å². The minimum Gasteiger partial charge on any atom is -0.324 e. The summed E-state index contributed by atoms with van der Waals surface area (Å²) in [5.74, 6) is 0.550. The highest BCUT2D eigenvalue weighted by Crippen LogP contribution is 2.31. The van der Waals surface area contributed by atoms with Crippen LogP contribution in [0.15, 0.2) is 79.0 Å². The highest BCUT2D eigenvalue weighted by molar-refractivity contribution is 5.82. The Labute approximate surface area is 151 Å². The standard InChI is InChI=1S/C22H16N4/c23-13-12-16-10-11-21(19(14-16)17-6-2-1-3-7-17)26-22-24-15-18-8-4-5-9-20(18)25-22/h1-11,14-15H,12H2,(H,24,25,26). The Hall–Kier alpha value is -3.71. The lowest BCUT2D eigenvalue weighted by Crippen LogP contribution is -1.99. The van der Waals surface area contributed by atoms with Crippen LogP contribution in [-0.4, -0.2) is 9.97 Å². The Morgan fingerprint density at radius 2 is 1.73 bits per heavy atom. The first-order valence-electron chi connectivity index (χ1n) is 8.37. The van der Waals surface area contributed by atoms with Gasteiger partial charge in [0, 0.05) is 22.8 Å². The molecule has 0 saturated carbocycles. The molecule has 4 rings (SSSR count). The van der Waals surface area contributed by atoms with Crippen molar-refractivity contribution in [1.29, 1.82) is 5.26 Å². The smallest absolute Gasteiger partial charge is 0.227 e. The third kappa shape index (κ3) is 3.24. The molecule has 4 aromatic rings. The van der Waals surface area contributed by atoms with Crippen LogP contribution in [0.5, 0.6) is 0 Å². The van der Waals surface area contributed by atoms with Gasteiger partial charge in [0.15, 0.2) is 0 Å². The van der Waals surface area contributed by atoms with Gasteiger partial charge >= 0.3 is 0 Å². The molecule has 4 heteroatoms. The van der Waals surface area contributed by atoms with Crippen LogP contribution < -0.4 is 5.32 Å². The highest BCUT2D eigenvalue weighted by atomic mass is 15.1. The number of benzene rings is 3. The average Bonchev–Trinajstić information content (AvgIpc) is 2.70. The number of nitrogens with one attached hydrogen (secondary N) is 1. The van der Waals surface area contributed by atoms with Crippen molar-refractivity contribution < 1.29 is 0 Å². The van der Waals surface area contributed by atoms with Crippen molar-refractivity contribution in [2.45, 2.75) is 6.42 Å². The molecular weight excluding hydrogens is 320 g/mol. The Balaban J connectivity index is 1.76. The number of nitrogens with zero attached hydrogens (tertiary/aromatic N) is 3. The van der Waals surface area contributed by atoms with Crippen molar-refractivity contribution >= 4 is 22.5 Å². The van der Waals surface area contributed by atoms with Gasteiger partial charge in [-0.25, -0.2) is 9.97 Å². The van der Waals surface area contributed by atoms with Crippen LogP contribution in [0.4, 0.5) is 11.6 Å². The third-order valence-electron chi connectivity index (χ3n) is 4.19. The van der Waals surface area contributed by atoms with Gasteiger partial charge in [0.2, 0.25) is 5.95 Å². The van der Waals surface area contributed by atoms with Gasteiger partial charge in [0.25, 0.3) is 0 Å². The summed E-state index contributed by atoms with van der Waals surface area (Å²) in [6, 6.07) is 26.2. The summed E-state index contributed by atoms with van der Waals surface area (Å²) in [5.41, 5.74) is 4.89. The number of hydrogen-bond donors (Lipinski definition) is 1. The Morgan fingerprint density at radius 1 is 0.923 bits per heavy atom. The zero-order chi connectivity index (χ0) is 17.8. The number of nitriles is 1. The molecule has 0 aliphatic rings. The minimum atomic E-state index is 0.382. The molecule has 1 N–H and O–H groups in total. The summed E-state index contributed by atoms with van der Waals surface area (Å²) in [7, 11) is 0. The lowest BCUT2D eigenvalue weighted by atomic mass is 10.00. The minimum absolute atomic E-state index is 0.382. The normalized spacial score (nSPS) is 10.4. The summed E-state index contributed by atoms with van der Waals surface area (Å²) in [6.07, 6.45) is 2.20. The Bertz CT molecular complexity index is 1100. The summed E-state index contributed by atoms with van der Waals surface area (Å²) >= 11 is 0. The second kappa shape index (κ2) is 7.04. The maximum atomic E-state index is 9.00. The van der Waals surface area contributed by atoms with E-state index in [1.54, 1.807) is 0 Å². The van der Waals surface area contributed by atoms with Crippen LogP contribution in [-0.2, 0) is 6.42 Å². The largest absolute Gasteiger partial charge is 0.324 e. The molecule has 124 valence electrons. The van der Waals surface area contributed by atoms with Crippen LogP contribution in [0.3, 0.4) is 0 Å². The van der Waals surface area contributed by atoms with Crippen LogP contribution >= 0.6 is 0 Å². The Morgan fingerprint density at radius 3 is 2.58 bits per heavy atom. The molecule has 0 spiro atoms. The molecule has 0 atom stereocenters. The molecule has 0 amide bonds. The predicted molar refractivity (Wildman–Crippen MR) is 104 cm³/mol. The van der Waals surface area contributed by atoms with Crippen molar-refractivity contribution in [2.75, 3.05) is 5.32 Å². The zero-order valence-corrected chi connectivity index (χ0v) is 14.1. The Kier molecular flexibility index (Phi) is 4.28. The van der Waals surface area contributed by atoms with Crippen LogP contribution in [0, 0.1) is 11.3 Å². The lowest BCUT2D eigenvalue weighted by Gasteiger charge is -2.13. The van der Waals surface area contributed by atoms with E-state index in [1.165, 1.54) is 0 Å². The van der Waals surface area contributed by atoms with E-state index in [0.717, 1.165) is 33.3 Å². The summed E-state index contributed by atoms with van der Waals surface area (Å²) in [6.45, 7) is 0. The maximum Gasteiger partial charge on any atom is 0.227 e. The van der Waals surface area contributed by atoms with Crippen LogP contribution in [0.1, 0.15) is 5.56 Å². The van der Waals surface area contributed by atoms with E-state index in [2.05, 4.69) is 33.5 Å². The fraction of sp³-hybridized carbons (Fsp3) is 0.0455. The van der Waals surface area contributed by atoms with Crippen molar-refractivity contribution in [2.24, 2.45) is 0 Å². The lowest BCUT2D eigenvalue weighted by molar-refractivity contribution is 1.21. The van der Waals surface area contributed by atoms with Gasteiger partial charge in [0.1, 0.15) is 0 Å². The molecule has 0 aliphatic carbocycles. The van der Waals surface area contributed by atoms with Gasteiger partial charge in [-0.1, -0.05) is 54.6 Å². The van der Waals surface area contributed by atoms with Crippen molar-refractivity contribution in [3.05, 3.63) is 84.6 Å². The zero-order valence-electron chi connectivity index (χ0n) is 14.1. The van der Waals surface area contributed by atoms with Gasteiger partial charge in [0.05, 0.1) is 18.0 Å². The molecule has 0 fully saturated rings. The van der Waals surface area contributed by atoms with Crippen molar-refractivity contribution in [3.8, 4) is 17.2 Å². The average molecular weight is 336 g/mol. The molecule has 4 nitrogen and oxygen atoms in total. The highest BCUT2D eigenvalue weighted by Gasteiger charge is 2.09. The van der Waals surface area contributed by atoms with Crippen molar-refractivity contribution in [1.82, 2.24) is 9.97 Å².